The minimum absolute atomic E-state index is 0.122. The summed E-state index contributed by atoms with van der Waals surface area (Å²) < 4.78 is 37.7. The number of furan rings is 1. The monoisotopic (exact) mass is 360 g/mol. The van der Waals surface area contributed by atoms with Gasteiger partial charge in [-0.1, -0.05) is 23.6 Å². The molecule has 1 atom stereocenters. The molecule has 0 bridgehead atoms. The summed E-state index contributed by atoms with van der Waals surface area (Å²) in [7, 11) is -3.81. The molecule has 25 heavy (non-hydrogen) atoms. The van der Waals surface area contributed by atoms with Crippen LogP contribution in [0.3, 0.4) is 0 Å². The molecular weight excluding hydrogens is 344 g/mol. The van der Waals surface area contributed by atoms with Crippen LogP contribution in [0.1, 0.15) is 17.4 Å². The second-order valence-corrected chi connectivity index (χ2v) is 7.12. The lowest BCUT2D eigenvalue weighted by Gasteiger charge is -2.12. The van der Waals surface area contributed by atoms with Crippen LogP contribution >= 0.6 is 0 Å². The first-order valence-corrected chi connectivity index (χ1v) is 9.02. The van der Waals surface area contributed by atoms with Crippen molar-refractivity contribution >= 4 is 16.1 Å². The molecule has 130 valence electrons. The van der Waals surface area contributed by atoms with E-state index in [-0.39, 0.29) is 11.5 Å². The Kier molecular flexibility index (Phi) is 4.79. The van der Waals surface area contributed by atoms with Crippen molar-refractivity contribution in [1.82, 2.24) is 9.62 Å². The van der Waals surface area contributed by atoms with Gasteiger partial charge in [0.2, 0.25) is 10.0 Å². The minimum Gasteiger partial charge on any atom is -0.467 e. The van der Waals surface area contributed by atoms with Gasteiger partial charge in [-0.05, 0) is 31.2 Å². The Morgan fingerprint density at radius 2 is 2.00 bits per heavy atom. The lowest BCUT2D eigenvalue weighted by Crippen LogP contribution is -2.28. The first kappa shape index (κ1) is 17.1. The molecule has 3 rings (SSSR count). The zero-order valence-corrected chi connectivity index (χ0v) is 14.2. The predicted octanol–water partition coefficient (Wildman–Crippen LogP) is 2.02. The largest absolute Gasteiger partial charge is 0.467 e. The van der Waals surface area contributed by atoms with Crippen LogP contribution in [-0.2, 0) is 14.8 Å². The fraction of sp³-hybridized carbons (Fsp3) is 0.235. The quantitative estimate of drug-likeness (QED) is 0.843. The zero-order valence-electron chi connectivity index (χ0n) is 13.4. The minimum atomic E-state index is -3.81. The number of sulfonamides is 1. The van der Waals surface area contributed by atoms with E-state index in [1.54, 1.807) is 24.3 Å². The highest BCUT2D eigenvalue weighted by atomic mass is 32.2. The number of nitrogens with one attached hydrogen (secondary N) is 1. The van der Waals surface area contributed by atoms with Gasteiger partial charge in [-0.25, -0.2) is 18.1 Å². The highest BCUT2D eigenvalue weighted by Crippen LogP contribution is 2.18. The molecule has 0 spiro atoms. The fourth-order valence-electron chi connectivity index (χ4n) is 2.19. The second kappa shape index (κ2) is 7.01. The summed E-state index contributed by atoms with van der Waals surface area (Å²) in [6, 6.07) is 11.4. The Labute approximate surface area is 145 Å². The third kappa shape index (κ3) is 4.02. The van der Waals surface area contributed by atoms with Gasteiger partial charge < -0.3 is 9.15 Å². The van der Waals surface area contributed by atoms with Crippen LogP contribution in [0, 0.1) is 18.9 Å². The van der Waals surface area contributed by atoms with Crippen LogP contribution < -0.4 is 4.72 Å². The summed E-state index contributed by atoms with van der Waals surface area (Å²) >= 11 is 0. The number of carbonyl (C=O) groups excluding carboxylic acids is 1. The van der Waals surface area contributed by atoms with E-state index in [0.29, 0.717) is 12.3 Å². The van der Waals surface area contributed by atoms with Crippen LogP contribution in [0.2, 0.25) is 0 Å². The Hall–Kier alpha value is -2.76. The van der Waals surface area contributed by atoms with E-state index in [0.717, 1.165) is 5.56 Å². The number of hydrogen-bond donors (Lipinski definition) is 1. The molecule has 1 unspecified atom stereocenters. The first-order chi connectivity index (χ1) is 12.0. The van der Waals surface area contributed by atoms with Gasteiger partial charge in [0.15, 0.2) is 0 Å². The average Bonchev–Trinajstić information content (AvgIpc) is 3.24. The van der Waals surface area contributed by atoms with Gasteiger partial charge in [0.25, 0.3) is 0 Å². The average molecular weight is 360 g/mol. The summed E-state index contributed by atoms with van der Waals surface area (Å²) in [6.45, 7) is 2.46. The SMILES string of the molecule is Cc1ccc(S(=O)(=O)NC(C#CN2CCOC2=O)c2ccco2)cc1. The predicted molar refractivity (Wildman–Crippen MR) is 88.8 cm³/mol. The van der Waals surface area contributed by atoms with Gasteiger partial charge in [-0.3, -0.25) is 0 Å². The van der Waals surface area contributed by atoms with Crippen molar-refractivity contribution in [2.75, 3.05) is 13.2 Å². The zero-order chi connectivity index (χ0) is 17.9. The normalized spacial score (nSPS) is 15.4. The van der Waals surface area contributed by atoms with E-state index in [1.807, 2.05) is 6.92 Å². The van der Waals surface area contributed by atoms with Crippen molar-refractivity contribution in [3.63, 3.8) is 0 Å². The third-order valence-corrected chi connectivity index (χ3v) is 4.98. The molecule has 1 amide bonds. The van der Waals surface area contributed by atoms with Gasteiger partial charge in [-0.15, -0.1) is 0 Å². The molecule has 8 heteroatoms. The van der Waals surface area contributed by atoms with E-state index >= 15 is 0 Å². The molecule has 1 N–H and O–H groups in total. The molecular formula is C17H16N2O5S. The molecule has 1 aromatic heterocycles. The van der Waals surface area contributed by atoms with Crippen molar-refractivity contribution < 1.29 is 22.4 Å². The van der Waals surface area contributed by atoms with Gasteiger partial charge in [-0.2, -0.15) is 4.72 Å². The Balaban J connectivity index is 1.87. The molecule has 0 saturated carbocycles. The highest BCUT2D eigenvalue weighted by molar-refractivity contribution is 7.89. The summed E-state index contributed by atoms with van der Waals surface area (Å²) in [5, 5.41) is 0. The lowest BCUT2D eigenvalue weighted by atomic mass is 10.2. The molecule has 1 aliphatic heterocycles. The maximum absolute atomic E-state index is 12.6. The Bertz CT molecular complexity index is 908. The molecule has 2 heterocycles. The maximum Gasteiger partial charge on any atom is 0.421 e. The molecule has 1 fully saturated rings. The topological polar surface area (TPSA) is 88.9 Å². The van der Waals surface area contributed by atoms with Gasteiger partial charge in [0.05, 0.1) is 17.7 Å². The van der Waals surface area contributed by atoms with Crippen LogP contribution in [0.15, 0.2) is 52.0 Å². The number of ether oxygens (including phenoxy) is 1. The maximum atomic E-state index is 12.6. The number of carbonyl (C=O) groups is 1. The van der Waals surface area contributed by atoms with Crippen molar-refractivity contribution in [3.8, 4) is 12.0 Å². The van der Waals surface area contributed by atoms with Gasteiger partial charge in [0.1, 0.15) is 18.4 Å². The number of cyclic esters (lactones) is 1. The molecule has 0 aliphatic carbocycles. The summed E-state index contributed by atoms with van der Waals surface area (Å²) in [4.78, 5) is 12.8. The standard InChI is InChI=1S/C17H16N2O5S/c1-13-4-6-14(7-5-13)25(21,22)18-15(16-3-2-11-23-16)8-9-19-10-12-24-17(19)20/h2-7,11,15,18H,10,12H2,1H3. The van der Waals surface area contributed by atoms with E-state index in [9.17, 15) is 13.2 Å². The van der Waals surface area contributed by atoms with E-state index in [4.69, 9.17) is 9.15 Å². The molecule has 1 aromatic carbocycles. The van der Waals surface area contributed by atoms with Crippen molar-refractivity contribution in [2.45, 2.75) is 17.9 Å². The summed E-state index contributed by atoms with van der Waals surface area (Å²) in [5.74, 6) is 3.05. The first-order valence-electron chi connectivity index (χ1n) is 7.53. The summed E-state index contributed by atoms with van der Waals surface area (Å²) in [6.07, 6.45) is 0.876. The van der Waals surface area contributed by atoms with Gasteiger partial charge in [0, 0.05) is 6.04 Å². The number of amides is 1. The number of benzene rings is 1. The highest BCUT2D eigenvalue weighted by Gasteiger charge is 2.24. The van der Waals surface area contributed by atoms with Gasteiger partial charge >= 0.3 is 6.09 Å². The number of hydrogen-bond acceptors (Lipinski definition) is 5. The molecule has 1 saturated heterocycles. The Morgan fingerprint density at radius 3 is 2.60 bits per heavy atom. The van der Waals surface area contributed by atoms with Crippen molar-refractivity contribution in [3.05, 3.63) is 54.0 Å². The second-order valence-electron chi connectivity index (χ2n) is 5.40. The molecule has 7 nitrogen and oxygen atoms in total. The van der Waals surface area contributed by atoms with E-state index in [2.05, 4.69) is 16.7 Å². The lowest BCUT2D eigenvalue weighted by molar-refractivity contribution is 0.167. The van der Waals surface area contributed by atoms with Crippen molar-refractivity contribution in [2.24, 2.45) is 0 Å². The summed E-state index contributed by atoms with van der Waals surface area (Å²) in [5.41, 5.74) is 0.953. The number of aryl methyl sites for hydroxylation is 1. The number of nitrogens with zero attached hydrogens (tertiary/aromatic N) is 1. The van der Waals surface area contributed by atoms with Crippen LogP contribution in [0.5, 0.6) is 0 Å². The van der Waals surface area contributed by atoms with E-state index < -0.39 is 22.2 Å². The molecule has 0 radical (unpaired) electrons. The molecule has 1 aliphatic rings. The van der Waals surface area contributed by atoms with Crippen LogP contribution in [-0.4, -0.2) is 32.6 Å². The van der Waals surface area contributed by atoms with Crippen molar-refractivity contribution in [1.29, 1.82) is 0 Å². The fourth-order valence-corrected chi connectivity index (χ4v) is 3.31. The van der Waals surface area contributed by atoms with Crippen LogP contribution in [0.4, 0.5) is 4.79 Å². The van der Waals surface area contributed by atoms with Crippen LogP contribution in [0.25, 0.3) is 0 Å². The Morgan fingerprint density at radius 1 is 1.24 bits per heavy atom. The third-order valence-electron chi connectivity index (χ3n) is 3.54. The van der Waals surface area contributed by atoms with E-state index in [1.165, 1.54) is 23.3 Å². The molecule has 2 aromatic rings. The smallest absolute Gasteiger partial charge is 0.421 e. The number of rotatable bonds is 4.